The molecule has 0 aromatic carbocycles. The standard InChI is InChI=1S/C19H26N4O4S/c1-28(25,26)23-11-7-19(8-12-23)6-4-15-16(19)17(22-27-15)18(24)21-10-5-14-3-2-9-20-13-14/h2-3,9,13,15-16H,4-8,10-12H2,1H3,(H,21,24)/t15-,16+/m0/s1. The number of piperidine rings is 1. The lowest BCUT2D eigenvalue weighted by Crippen LogP contribution is -2.48. The summed E-state index contributed by atoms with van der Waals surface area (Å²) in [5.74, 6) is -0.226. The Hall–Kier alpha value is -2.00. The third-order valence-corrected chi connectivity index (χ3v) is 7.68. The molecule has 3 aliphatic rings. The van der Waals surface area contributed by atoms with Crippen LogP contribution in [-0.4, -0.2) is 61.3 Å². The highest BCUT2D eigenvalue weighted by Crippen LogP contribution is 2.54. The first kappa shape index (κ1) is 19.3. The molecule has 1 spiro atoms. The smallest absolute Gasteiger partial charge is 0.269 e. The Morgan fingerprint density at radius 3 is 2.82 bits per heavy atom. The second kappa shape index (κ2) is 7.44. The van der Waals surface area contributed by atoms with E-state index in [2.05, 4.69) is 15.5 Å². The summed E-state index contributed by atoms with van der Waals surface area (Å²) in [6, 6.07) is 3.86. The highest BCUT2D eigenvalue weighted by Gasteiger charge is 2.57. The molecule has 1 aliphatic carbocycles. The zero-order valence-corrected chi connectivity index (χ0v) is 16.8. The fourth-order valence-corrected chi connectivity index (χ4v) is 5.72. The van der Waals surface area contributed by atoms with Crippen molar-refractivity contribution in [1.29, 1.82) is 0 Å². The van der Waals surface area contributed by atoms with E-state index >= 15 is 0 Å². The number of sulfonamides is 1. The van der Waals surface area contributed by atoms with Gasteiger partial charge in [0.05, 0.1) is 12.2 Å². The van der Waals surface area contributed by atoms with Gasteiger partial charge in [-0.15, -0.1) is 0 Å². The molecule has 1 aromatic heterocycles. The molecule has 152 valence electrons. The number of fused-ring (bicyclic) bond motifs is 2. The van der Waals surface area contributed by atoms with E-state index in [1.54, 1.807) is 12.4 Å². The average Bonchev–Trinajstić information content (AvgIpc) is 3.25. The molecule has 1 saturated carbocycles. The minimum Gasteiger partial charge on any atom is -0.391 e. The maximum atomic E-state index is 12.8. The van der Waals surface area contributed by atoms with Crippen LogP contribution in [0.1, 0.15) is 31.2 Å². The maximum Gasteiger partial charge on any atom is 0.269 e. The molecule has 8 nitrogen and oxygen atoms in total. The van der Waals surface area contributed by atoms with Crippen molar-refractivity contribution in [1.82, 2.24) is 14.6 Å². The Labute approximate surface area is 165 Å². The molecule has 2 fully saturated rings. The Kier molecular flexibility index (Phi) is 5.13. The van der Waals surface area contributed by atoms with Crippen LogP contribution in [0.3, 0.4) is 0 Å². The summed E-state index contributed by atoms with van der Waals surface area (Å²) in [5, 5.41) is 7.08. The zero-order chi connectivity index (χ0) is 19.8. The normalized spacial score (nSPS) is 26.5. The molecule has 0 bridgehead atoms. The predicted octanol–water partition coefficient (Wildman–Crippen LogP) is 0.947. The third kappa shape index (κ3) is 3.65. The zero-order valence-electron chi connectivity index (χ0n) is 16.0. The van der Waals surface area contributed by atoms with Gasteiger partial charge >= 0.3 is 0 Å². The van der Waals surface area contributed by atoms with Crippen LogP contribution in [0.2, 0.25) is 0 Å². The van der Waals surface area contributed by atoms with Crippen molar-refractivity contribution in [3.63, 3.8) is 0 Å². The average molecular weight is 407 g/mol. The van der Waals surface area contributed by atoms with Crippen molar-refractivity contribution in [3.8, 4) is 0 Å². The van der Waals surface area contributed by atoms with Crippen LogP contribution in [0.5, 0.6) is 0 Å². The number of carbonyl (C=O) groups is 1. The lowest BCUT2D eigenvalue weighted by atomic mass is 9.69. The number of aromatic nitrogens is 1. The second-order valence-electron chi connectivity index (χ2n) is 8.03. The van der Waals surface area contributed by atoms with Gasteiger partial charge in [-0.25, -0.2) is 12.7 Å². The van der Waals surface area contributed by atoms with Crippen molar-refractivity contribution >= 4 is 21.6 Å². The number of rotatable bonds is 5. The van der Waals surface area contributed by atoms with E-state index in [1.165, 1.54) is 10.6 Å². The summed E-state index contributed by atoms with van der Waals surface area (Å²) in [6.07, 6.45) is 8.70. The van der Waals surface area contributed by atoms with Crippen LogP contribution in [0.25, 0.3) is 0 Å². The topological polar surface area (TPSA) is 101 Å². The number of amides is 1. The van der Waals surface area contributed by atoms with Crippen LogP contribution < -0.4 is 5.32 Å². The van der Waals surface area contributed by atoms with E-state index in [0.717, 1.165) is 31.2 Å². The van der Waals surface area contributed by atoms with E-state index in [1.807, 2.05) is 12.1 Å². The van der Waals surface area contributed by atoms with E-state index in [0.29, 0.717) is 31.8 Å². The van der Waals surface area contributed by atoms with Gasteiger partial charge in [-0.05, 0) is 49.1 Å². The molecule has 1 saturated heterocycles. The van der Waals surface area contributed by atoms with E-state index in [-0.39, 0.29) is 23.3 Å². The molecule has 4 rings (SSSR count). The Morgan fingerprint density at radius 1 is 1.36 bits per heavy atom. The van der Waals surface area contributed by atoms with Gasteiger partial charge in [-0.2, -0.15) is 0 Å². The van der Waals surface area contributed by atoms with E-state index in [4.69, 9.17) is 4.84 Å². The molecule has 28 heavy (non-hydrogen) atoms. The van der Waals surface area contributed by atoms with E-state index < -0.39 is 10.0 Å². The molecule has 3 heterocycles. The lowest BCUT2D eigenvalue weighted by molar-refractivity contribution is -0.115. The minimum atomic E-state index is -3.17. The number of oxime groups is 1. The first-order valence-corrected chi connectivity index (χ1v) is 11.6. The van der Waals surface area contributed by atoms with Gasteiger partial charge in [0, 0.05) is 32.0 Å². The summed E-state index contributed by atoms with van der Waals surface area (Å²) in [4.78, 5) is 22.4. The molecular weight excluding hydrogens is 380 g/mol. The van der Waals surface area contributed by atoms with Crippen molar-refractivity contribution in [3.05, 3.63) is 30.1 Å². The number of hydrogen-bond acceptors (Lipinski definition) is 6. The monoisotopic (exact) mass is 406 g/mol. The predicted molar refractivity (Wildman–Crippen MR) is 104 cm³/mol. The molecule has 1 aromatic rings. The quantitative estimate of drug-likeness (QED) is 0.785. The van der Waals surface area contributed by atoms with Crippen molar-refractivity contribution in [2.45, 2.75) is 38.2 Å². The number of pyridine rings is 1. The van der Waals surface area contributed by atoms with Gasteiger partial charge in [0.25, 0.3) is 5.91 Å². The summed E-state index contributed by atoms with van der Waals surface area (Å²) < 4.78 is 25.2. The van der Waals surface area contributed by atoms with Crippen LogP contribution in [0, 0.1) is 11.3 Å². The van der Waals surface area contributed by atoms with Gasteiger partial charge in [0.1, 0.15) is 6.10 Å². The summed E-state index contributed by atoms with van der Waals surface area (Å²) >= 11 is 0. The summed E-state index contributed by atoms with van der Waals surface area (Å²) in [7, 11) is -3.17. The van der Waals surface area contributed by atoms with Gasteiger partial charge in [0.2, 0.25) is 10.0 Å². The molecule has 1 amide bonds. The van der Waals surface area contributed by atoms with Crippen LogP contribution in [0.4, 0.5) is 0 Å². The highest BCUT2D eigenvalue weighted by molar-refractivity contribution is 7.88. The van der Waals surface area contributed by atoms with E-state index in [9.17, 15) is 13.2 Å². The molecule has 2 atom stereocenters. The molecule has 0 unspecified atom stereocenters. The van der Waals surface area contributed by atoms with Crippen molar-refractivity contribution < 1.29 is 18.0 Å². The number of hydrogen-bond donors (Lipinski definition) is 1. The Morgan fingerprint density at radius 2 is 2.14 bits per heavy atom. The van der Waals surface area contributed by atoms with Gasteiger partial charge in [0.15, 0.2) is 5.71 Å². The Bertz CT molecular complexity index is 863. The second-order valence-corrected chi connectivity index (χ2v) is 10.0. The molecule has 0 radical (unpaired) electrons. The van der Waals surface area contributed by atoms with Crippen molar-refractivity contribution in [2.75, 3.05) is 25.9 Å². The number of carbonyl (C=O) groups excluding carboxylic acids is 1. The largest absolute Gasteiger partial charge is 0.391 e. The van der Waals surface area contributed by atoms with Gasteiger partial charge in [-0.1, -0.05) is 11.2 Å². The SMILES string of the molecule is CS(=O)(=O)N1CCC2(CC[C@@H]3ON=C(C(=O)NCCc4cccnc4)[C@@H]32)CC1. The Balaban J connectivity index is 1.39. The fraction of sp³-hybridized carbons (Fsp3) is 0.632. The first-order chi connectivity index (χ1) is 13.4. The van der Waals surface area contributed by atoms with Crippen LogP contribution in [0.15, 0.2) is 29.7 Å². The summed E-state index contributed by atoms with van der Waals surface area (Å²) in [6.45, 7) is 1.51. The lowest BCUT2D eigenvalue weighted by Gasteiger charge is -2.41. The number of nitrogens with zero attached hydrogens (tertiary/aromatic N) is 3. The van der Waals surface area contributed by atoms with Crippen LogP contribution in [-0.2, 0) is 26.1 Å². The van der Waals surface area contributed by atoms with Crippen molar-refractivity contribution in [2.24, 2.45) is 16.5 Å². The number of nitrogens with one attached hydrogen (secondary N) is 1. The first-order valence-electron chi connectivity index (χ1n) is 9.75. The van der Waals surface area contributed by atoms with Gasteiger partial charge in [-0.3, -0.25) is 9.78 Å². The molecule has 2 aliphatic heterocycles. The molecular formula is C19H26N4O4S. The van der Waals surface area contributed by atoms with Crippen LogP contribution >= 0.6 is 0 Å². The molecule has 1 N–H and O–H groups in total. The fourth-order valence-electron chi connectivity index (χ4n) is 4.87. The van der Waals surface area contributed by atoms with Gasteiger partial charge < -0.3 is 10.2 Å². The minimum absolute atomic E-state index is 0.0485. The highest BCUT2D eigenvalue weighted by atomic mass is 32.2. The maximum absolute atomic E-state index is 12.8. The molecule has 9 heteroatoms. The summed E-state index contributed by atoms with van der Waals surface area (Å²) in [5.41, 5.74) is 1.44. The third-order valence-electron chi connectivity index (χ3n) is 6.38.